The Labute approximate surface area is 199 Å². The van der Waals surface area contributed by atoms with Gasteiger partial charge in [0.1, 0.15) is 29.8 Å². The highest BCUT2D eigenvalue weighted by molar-refractivity contribution is 7.78. The summed E-state index contributed by atoms with van der Waals surface area (Å²) < 4.78 is 26.9. The molecule has 0 aliphatic carbocycles. The van der Waals surface area contributed by atoms with Crippen LogP contribution in [0.2, 0.25) is 0 Å². The first-order chi connectivity index (χ1) is 15.4. The fourth-order valence-electron chi connectivity index (χ4n) is 3.79. The number of nitrogens with one attached hydrogen (secondary N) is 1. The number of hydrogen-bond donors (Lipinski definition) is 1. The van der Waals surface area contributed by atoms with E-state index in [9.17, 15) is 14.0 Å². The molecule has 1 aromatic heterocycles. The molecule has 0 unspecified atom stereocenters. The Bertz CT molecular complexity index is 842. The summed E-state index contributed by atoms with van der Waals surface area (Å²) in [4.78, 5) is 26.6. The van der Waals surface area contributed by atoms with Gasteiger partial charge in [0.2, 0.25) is 0 Å². The zero-order chi connectivity index (χ0) is 23.3. The molecule has 1 aromatic rings. The summed E-state index contributed by atoms with van der Waals surface area (Å²) in [6, 6.07) is 0. The Kier molecular flexibility index (Phi) is 12.3. The summed E-state index contributed by atoms with van der Waals surface area (Å²) in [5, 5.41) is 1.81. The van der Waals surface area contributed by atoms with E-state index in [0.29, 0.717) is 16.6 Å². The van der Waals surface area contributed by atoms with E-state index in [1.165, 1.54) is 43.1 Å². The van der Waals surface area contributed by atoms with Crippen molar-refractivity contribution in [2.24, 2.45) is 0 Å². The normalized spacial score (nSPS) is 20.4. The lowest BCUT2D eigenvalue weighted by Gasteiger charge is -2.16. The summed E-state index contributed by atoms with van der Waals surface area (Å²) in [6.07, 6.45) is 10.3. The minimum absolute atomic E-state index is 0.0264. The maximum Gasteiger partial charge on any atom is 0.328 e. The van der Waals surface area contributed by atoms with E-state index in [2.05, 4.69) is 4.98 Å². The quantitative estimate of drug-likeness (QED) is 0.195. The Morgan fingerprint density at radius 1 is 1.22 bits per heavy atom. The van der Waals surface area contributed by atoms with Crippen LogP contribution in [-0.4, -0.2) is 39.8 Å². The SMILES string of the molecule is Cc1cn([C@H]2C[C@H](F)[C@@H](COC(=O)CCCCCCCCCCCC=S)O2)c(=O)[nH]c1=S. The third-order valence-corrected chi connectivity index (χ3v) is 6.39. The van der Waals surface area contributed by atoms with Gasteiger partial charge in [-0.05, 0) is 31.6 Å². The van der Waals surface area contributed by atoms with E-state index < -0.39 is 24.2 Å². The van der Waals surface area contributed by atoms with Crippen LogP contribution in [0.1, 0.15) is 88.8 Å². The van der Waals surface area contributed by atoms with E-state index in [-0.39, 0.29) is 19.0 Å². The molecule has 0 saturated carbocycles. The molecule has 3 atom stereocenters. The molecule has 1 N–H and O–H groups in total. The number of alkyl halides is 1. The summed E-state index contributed by atoms with van der Waals surface area (Å²) in [7, 11) is 0. The van der Waals surface area contributed by atoms with Crippen molar-refractivity contribution in [1.29, 1.82) is 0 Å². The molecule has 0 spiro atoms. The van der Waals surface area contributed by atoms with Gasteiger partial charge in [-0.25, -0.2) is 9.18 Å². The fourth-order valence-corrected chi connectivity index (χ4v) is 4.10. The molecular weight excluding hydrogens is 451 g/mol. The monoisotopic (exact) mass is 486 g/mol. The van der Waals surface area contributed by atoms with E-state index in [4.69, 9.17) is 33.9 Å². The predicted octanol–water partition coefficient (Wildman–Crippen LogP) is 5.67. The average molecular weight is 487 g/mol. The molecule has 32 heavy (non-hydrogen) atoms. The number of hydrogen-bond acceptors (Lipinski definition) is 6. The van der Waals surface area contributed by atoms with Crippen molar-refractivity contribution in [3.05, 3.63) is 26.9 Å². The highest BCUT2D eigenvalue weighted by Crippen LogP contribution is 2.30. The molecule has 1 aliphatic rings. The van der Waals surface area contributed by atoms with Gasteiger partial charge in [-0.3, -0.25) is 14.3 Å². The van der Waals surface area contributed by atoms with Crippen molar-refractivity contribution < 1.29 is 18.7 Å². The molecule has 1 aliphatic heterocycles. The van der Waals surface area contributed by atoms with Gasteiger partial charge in [0.25, 0.3) is 0 Å². The predicted molar refractivity (Wildman–Crippen MR) is 129 cm³/mol. The van der Waals surface area contributed by atoms with Gasteiger partial charge in [-0.2, -0.15) is 0 Å². The second kappa shape index (κ2) is 14.6. The standard InChI is InChI=1S/C23H35FN2O4S2/c1-17-15-26(23(28)25-22(17)32)20-14-18(24)19(30-20)16-29-21(27)12-10-8-6-4-2-3-5-7-9-11-13-31/h13,15,18-20H,2-12,14,16H2,1H3,(H,25,28,32)/t18-,19+,20+/m0/s1. The van der Waals surface area contributed by atoms with E-state index in [1.807, 2.05) is 5.37 Å². The number of carbonyl (C=O) groups excluding carboxylic acids is 1. The smallest absolute Gasteiger partial charge is 0.328 e. The number of rotatable bonds is 15. The summed E-state index contributed by atoms with van der Waals surface area (Å²) in [6.45, 7) is 1.62. The highest BCUT2D eigenvalue weighted by atomic mass is 32.1. The molecule has 180 valence electrons. The summed E-state index contributed by atoms with van der Waals surface area (Å²) in [5.74, 6) is -0.334. The molecule has 0 bridgehead atoms. The Morgan fingerprint density at radius 3 is 2.50 bits per heavy atom. The molecule has 0 aromatic carbocycles. The van der Waals surface area contributed by atoms with Crippen LogP contribution < -0.4 is 5.69 Å². The van der Waals surface area contributed by atoms with Crippen molar-refractivity contribution in [2.75, 3.05) is 6.61 Å². The number of thiocarbonyl (C=S) groups is 1. The van der Waals surface area contributed by atoms with Crippen LogP contribution in [0.5, 0.6) is 0 Å². The molecule has 9 heteroatoms. The molecule has 0 radical (unpaired) electrons. The Balaban J connectivity index is 1.57. The second-order valence-corrected chi connectivity index (χ2v) is 9.17. The molecule has 0 amide bonds. The molecule has 6 nitrogen and oxygen atoms in total. The lowest BCUT2D eigenvalue weighted by molar-refractivity contribution is -0.149. The fraction of sp³-hybridized carbons (Fsp3) is 0.739. The Hall–Kier alpha value is -1.45. The summed E-state index contributed by atoms with van der Waals surface area (Å²) >= 11 is 9.85. The van der Waals surface area contributed by atoms with Gasteiger partial charge >= 0.3 is 11.7 Å². The third kappa shape index (κ3) is 9.19. The first-order valence-corrected chi connectivity index (χ1v) is 12.5. The van der Waals surface area contributed by atoms with Crippen LogP contribution in [0.15, 0.2) is 11.0 Å². The molecule has 2 rings (SSSR count). The number of nitrogens with zero attached hydrogens (tertiary/aromatic N) is 1. The van der Waals surface area contributed by atoms with Gasteiger partial charge in [0.05, 0.1) is 0 Å². The number of aryl methyl sites for hydroxylation is 1. The van der Waals surface area contributed by atoms with Gasteiger partial charge in [-0.1, -0.05) is 69.4 Å². The van der Waals surface area contributed by atoms with Gasteiger partial charge in [-0.15, -0.1) is 0 Å². The van der Waals surface area contributed by atoms with Crippen molar-refractivity contribution in [1.82, 2.24) is 9.55 Å². The van der Waals surface area contributed by atoms with Crippen LogP contribution in [0.4, 0.5) is 4.39 Å². The minimum Gasteiger partial charge on any atom is -0.463 e. The third-order valence-electron chi connectivity index (χ3n) is 5.73. The number of aromatic amines is 1. The van der Waals surface area contributed by atoms with Crippen LogP contribution in [0, 0.1) is 11.6 Å². The van der Waals surface area contributed by atoms with Crippen molar-refractivity contribution in [2.45, 2.75) is 102 Å². The van der Waals surface area contributed by atoms with Crippen LogP contribution in [0.3, 0.4) is 0 Å². The number of carbonyl (C=O) groups is 1. The van der Waals surface area contributed by atoms with E-state index in [1.54, 1.807) is 13.1 Å². The topological polar surface area (TPSA) is 73.3 Å². The van der Waals surface area contributed by atoms with Crippen molar-refractivity contribution >= 4 is 35.8 Å². The molecule has 1 saturated heterocycles. The maximum atomic E-state index is 14.4. The first-order valence-electron chi connectivity index (χ1n) is 11.6. The number of unbranched alkanes of at least 4 members (excludes halogenated alkanes) is 9. The van der Waals surface area contributed by atoms with E-state index >= 15 is 0 Å². The highest BCUT2D eigenvalue weighted by Gasteiger charge is 2.37. The van der Waals surface area contributed by atoms with Crippen molar-refractivity contribution in [3.63, 3.8) is 0 Å². The largest absolute Gasteiger partial charge is 0.463 e. The molecule has 1 fully saturated rings. The van der Waals surface area contributed by atoms with Gasteiger partial charge < -0.3 is 9.47 Å². The van der Waals surface area contributed by atoms with Crippen molar-refractivity contribution in [3.8, 4) is 0 Å². The minimum atomic E-state index is -1.31. The van der Waals surface area contributed by atoms with Crippen LogP contribution >= 0.6 is 24.4 Å². The molecule has 2 heterocycles. The lowest BCUT2D eigenvalue weighted by atomic mass is 10.1. The zero-order valence-corrected chi connectivity index (χ0v) is 20.5. The average Bonchev–Trinajstić information content (AvgIpc) is 3.13. The number of H-pyrrole nitrogens is 1. The second-order valence-electron chi connectivity index (χ2n) is 8.43. The van der Waals surface area contributed by atoms with Gasteiger partial charge in [0, 0.05) is 24.6 Å². The van der Waals surface area contributed by atoms with Crippen LogP contribution in [-0.2, 0) is 14.3 Å². The number of aromatic nitrogens is 2. The number of ether oxygens (including phenoxy) is 2. The molecular formula is C23H35FN2O4S2. The first kappa shape index (κ1) is 26.8. The van der Waals surface area contributed by atoms with E-state index in [0.717, 1.165) is 25.7 Å². The zero-order valence-electron chi connectivity index (χ0n) is 18.9. The van der Waals surface area contributed by atoms with Crippen LogP contribution in [0.25, 0.3) is 0 Å². The number of esters is 1. The maximum absolute atomic E-state index is 14.4. The Morgan fingerprint density at radius 2 is 1.84 bits per heavy atom. The number of halogens is 1. The summed E-state index contributed by atoms with van der Waals surface area (Å²) in [5.41, 5.74) is 0.261. The van der Waals surface area contributed by atoms with Gasteiger partial charge in [0.15, 0.2) is 0 Å². The lowest BCUT2D eigenvalue weighted by Crippen LogP contribution is -2.28.